The lowest BCUT2D eigenvalue weighted by atomic mass is 9.96. The Morgan fingerprint density at radius 1 is 0.327 bits per heavy atom. The predicted molar refractivity (Wildman–Crippen MR) is 219 cm³/mol. The van der Waals surface area contributed by atoms with Gasteiger partial charge in [0.15, 0.2) is 17.5 Å². The van der Waals surface area contributed by atoms with Crippen LogP contribution in [0.5, 0.6) is 0 Å². The van der Waals surface area contributed by atoms with Crippen molar-refractivity contribution in [1.29, 1.82) is 0 Å². The minimum atomic E-state index is 0.621. The van der Waals surface area contributed by atoms with Gasteiger partial charge in [0, 0.05) is 68.9 Å². The number of aromatic nitrogens is 6. The van der Waals surface area contributed by atoms with Gasteiger partial charge in [0.25, 0.3) is 0 Å². The molecular weight excluding hydrogens is 677 g/mol. The molecule has 7 heteroatoms. The normalized spacial score (nSPS) is 11.3. The first-order chi connectivity index (χ1) is 27.3. The third-order valence-electron chi connectivity index (χ3n) is 9.73. The second-order valence-corrected chi connectivity index (χ2v) is 13.2. The zero-order valence-corrected chi connectivity index (χ0v) is 29.4. The Hall–Kier alpha value is -7.64. The van der Waals surface area contributed by atoms with E-state index in [0.717, 1.165) is 83.4 Å². The summed E-state index contributed by atoms with van der Waals surface area (Å²) in [5.74, 6) is 3.37. The summed E-state index contributed by atoms with van der Waals surface area (Å²) in [7, 11) is 0. The van der Waals surface area contributed by atoms with Gasteiger partial charge in [0.2, 0.25) is 0 Å². The number of benzene rings is 5. The summed E-state index contributed by atoms with van der Waals surface area (Å²) in [6, 6.07) is 53.1. The number of pyridine rings is 3. The van der Waals surface area contributed by atoms with E-state index < -0.39 is 0 Å². The first-order valence-electron chi connectivity index (χ1n) is 18.0. The molecule has 0 saturated heterocycles. The number of nitrogens with zero attached hydrogens (tertiary/aromatic N) is 6. The molecule has 0 N–H and O–H groups in total. The van der Waals surface area contributed by atoms with E-state index >= 15 is 0 Å². The summed E-state index contributed by atoms with van der Waals surface area (Å²) in [6.07, 6.45) is 7.21. The Kier molecular flexibility index (Phi) is 8.00. The van der Waals surface area contributed by atoms with Crippen LogP contribution in [-0.2, 0) is 0 Å². The van der Waals surface area contributed by atoms with E-state index in [2.05, 4.69) is 70.6 Å². The molecule has 0 spiro atoms. The first-order valence-corrected chi connectivity index (χ1v) is 18.0. The van der Waals surface area contributed by atoms with E-state index in [1.807, 2.05) is 109 Å². The molecule has 0 atom stereocenters. The van der Waals surface area contributed by atoms with Crippen molar-refractivity contribution in [2.75, 3.05) is 0 Å². The molecule has 0 amide bonds. The number of rotatable bonds is 7. The Bertz CT molecular complexity index is 2880. The van der Waals surface area contributed by atoms with Gasteiger partial charge in [-0.15, -0.1) is 0 Å². The number of hydrogen-bond donors (Lipinski definition) is 0. The second-order valence-electron chi connectivity index (χ2n) is 13.2. The Balaban J connectivity index is 1.05. The summed E-state index contributed by atoms with van der Waals surface area (Å²) in [6.45, 7) is 0. The number of hydrogen-bond acceptors (Lipinski definition) is 7. The molecular formula is C48H30N6O. The van der Waals surface area contributed by atoms with Crippen LogP contribution in [0.2, 0.25) is 0 Å². The third-order valence-corrected chi connectivity index (χ3v) is 9.73. The van der Waals surface area contributed by atoms with Gasteiger partial charge < -0.3 is 4.42 Å². The van der Waals surface area contributed by atoms with Crippen molar-refractivity contribution in [2.24, 2.45) is 0 Å². The minimum Gasteiger partial charge on any atom is -0.455 e. The predicted octanol–water partition coefficient (Wildman–Crippen LogP) is 11.6. The lowest BCUT2D eigenvalue weighted by Crippen LogP contribution is -2.00. The zero-order chi connectivity index (χ0) is 36.6. The average Bonchev–Trinajstić information content (AvgIpc) is 3.69. The number of furan rings is 1. The number of para-hydroxylation sites is 1. The van der Waals surface area contributed by atoms with Crippen molar-refractivity contribution in [3.63, 3.8) is 0 Å². The van der Waals surface area contributed by atoms with Crippen molar-refractivity contribution in [3.05, 3.63) is 183 Å². The molecule has 0 fully saturated rings. The van der Waals surface area contributed by atoms with Crippen LogP contribution < -0.4 is 0 Å². The van der Waals surface area contributed by atoms with Crippen molar-refractivity contribution < 1.29 is 4.42 Å². The van der Waals surface area contributed by atoms with Gasteiger partial charge in [-0.3, -0.25) is 9.97 Å². The maximum Gasteiger partial charge on any atom is 0.164 e. The van der Waals surface area contributed by atoms with Crippen LogP contribution in [0.25, 0.3) is 101 Å². The highest BCUT2D eigenvalue weighted by Crippen LogP contribution is 2.46. The van der Waals surface area contributed by atoms with E-state index in [9.17, 15) is 0 Å². The summed E-state index contributed by atoms with van der Waals surface area (Å²) in [5, 5.41) is 2.95. The van der Waals surface area contributed by atoms with E-state index in [1.165, 1.54) is 0 Å². The summed E-state index contributed by atoms with van der Waals surface area (Å²) in [4.78, 5) is 28.7. The first kappa shape index (κ1) is 32.0. The van der Waals surface area contributed by atoms with Gasteiger partial charge in [-0.05, 0) is 41.5 Å². The second kappa shape index (κ2) is 13.7. The summed E-state index contributed by atoms with van der Waals surface area (Å²) in [5.41, 5.74) is 9.42. The van der Waals surface area contributed by atoms with Crippen molar-refractivity contribution in [3.8, 4) is 79.2 Å². The van der Waals surface area contributed by atoms with E-state index in [-0.39, 0.29) is 0 Å². The van der Waals surface area contributed by atoms with Crippen LogP contribution in [0.4, 0.5) is 0 Å². The molecule has 10 rings (SSSR count). The van der Waals surface area contributed by atoms with Gasteiger partial charge in [0.1, 0.15) is 11.5 Å². The molecule has 10 aromatic rings. The van der Waals surface area contributed by atoms with Gasteiger partial charge in [0.05, 0.1) is 16.6 Å². The molecule has 0 bridgehead atoms. The molecule has 0 aliphatic heterocycles. The molecule has 0 saturated carbocycles. The van der Waals surface area contributed by atoms with Crippen LogP contribution >= 0.6 is 0 Å². The van der Waals surface area contributed by atoms with Crippen molar-refractivity contribution in [2.45, 2.75) is 0 Å². The maximum atomic E-state index is 6.78. The highest BCUT2D eigenvalue weighted by Gasteiger charge is 2.24. The molecule has 5 heterocycles. The van der Waals surface area contributed by atoms with Gasteiger partial charge in [-0.1, -0.05) is 127 Å². The molecule has 55 heavy (non-hydrogen) atoms. The quantitative estimate of drug-likeness (QED) is 0.163. The Morgan fingerprint density at radius 3 is 1.29 bits per heavy atom. The van der Waals surface area contributed by atoms with Crippen molar-refractivity contribution in [1.82, 2.24) is 29.9 Å². The van der Waals surface area contributed by atoms with Crippen LogP contribution in [0.1, 0.15) is 0 Å². The summed E-state index contributed by atoms with van der Waals surface area (Å²) < 4.78 is 6.78. The van der Waals surface area contributed by atoms with Gasteiger partial charge in [-0.25, -0.2) is 19.9 Å². The molecule has 0 aliphatic carbocycles. The zero-order valence-electron chi connectivity index (χ0n) is 29.4. The minimum absolute atomic E-state index is 0.621. The largest absolute Gasteiger partial charge is 0.455 e. The molecule has 0 radical (unpaired) electrons. The van der Waals surface area contributed by atoms with Crippen LogP contribution in [0.3, 0.4) is 0 Å². The number of fused-ring (bicyclic) bond motifs is 3. The Labute approximate surface area is 316 Å². The third kappa shape index (κ3) is 5.99. The molecule has 5 aromatic heterocycles. The fraction of sp³-hybridized carbons (Fsp3) is 0. The fourth-order valence-corrected chi connectivity index (χ4v) is 7.05. The monoisotopic (exact) mass is 706 g/mol. The van der Waals surface area contributed by atoms with E-state index in [4.69, 9.17) is 24.4 Å². The van der Waals surface area contributed by atoms with Crippen LogP contribution in [0.15, 0.2) is 187 Å². The van der Waals surface area contributed by atoms with Gasteiger partial charge in [-0.2, -0.15) is 0 Å². The SMILES string of the molecule is c1ccc(-c2nc(-c3ccccc3)nc(-c3ccc(-c4ccc(-c5nc6ccccc6c6c(-c7cccnc7)oc(-c7cccnc7)c56)cc4)cc3)n2)cc1. The molecule has 0 unspecified atom stereocenters. The average molecular weight is 707 g/mol. The topological polar surface area (TPSA) is 90.5 Å². The van der Waals surface area contributed by atoms with Crippen LogP contribution in [0, 0.1) is 0 Å². The van der Waals surface area contributed by atoms with Crippen LogP contribution in [-0.4, -0.2) is 29.9 Å². The molecule has 7 nitrogen and oxygen atoms in total. The lowest BCUT2D eigenvalue weighted by molar-refractivity contribution is 0.601. The fourth-order valence-electron chi connectivity index (χ4n) is 7.05. The molecule has 0 aliphatic rings. The standard InChI is InChI=1S/C48H30N6O/c1-3-11-34(12-4-1)46-52-47(35-13-5-2-6-14-35)54-48(53-46)36-25-21-32(22-26-36)31-19-23-33(24-20-31)43-42-41(39-17-7-8-18-40(39)51-43)44(37-15-9-27-49-29-37)55-45(42)38-16-10-28-50-30-38/h1-30H. The van der Waals surface area contributed by atoms with E-state index in [1.54, 1.807) is 12.4 Å². The highest BCUT2D eigenvalue weighted by atomic mass is 16.3. The summed E-state index contributed by atoms with van der Waals surface area (Å²) >= 11 is 0. The van der Waals surface area contributed by atoms with Gasteiger partial charge >= 0.3 is 0 Å². The highest BCUT2D eigenvalue weighted by molar-refractivity contribution is 6.20. The molecule has 258 valence electrons. The van der Waals surface area contributed by atoms with E-state index in [0.29, 0.717) is 17.5 Å². The maximum absolute atomic E-state index is 6.78. The smallest absolute Gasteiger partial charge is 0.164 e. The Morgan fingerprint density at radius 2 is 0.764 bits per heavy atom. The van der Waals surface area contributed by atoms with Crippen molar-refractivity contribution >= 4 is 21.7 Å². The molecule has 5 aromatic carbocycles. The lowest BCUT2D eigenvalue weighted by Gasteiger charge is -2.10.